The van der Waals surface area contributed by atoms with Gasteiger partial charge in [-0.15, -0.1) is 0 Å². The van der Waals surface area contributed by atoms with Crippen LogP contribution in [0.5, 0.6) is 5.75 Å². The molecule has 0 aromatic heterocycles. The molecule has 2 aliphatic carbocycles. The predicted molar refractivity (Wildman–Crippen MR) is 75.7 cm³/mol. The summed E-state index contributed by atoms with van der Waals surface area (Å²) in [5.74, 6) is 2.53. The second-order valence-electron chi connectivity index (χ2n) is 5.72. The summed E-state index contributed by atoms with van der Waals surface area (Å²) in [5.41, 5.74) is 1.65. The standard InChI is InChI=1S/C15H18ClNO2/c1-8-3-13(14(19-2)7-12(8)16)17-15(18)11-5-9-4-10(9)6-11/h3,7,9-11H,4-6H2,1-2H3,(H,17,18). The Balaban J connectivity index is 1.75. The molecule has 0 aliphatic heterocycles. The van der Waals surface area contributed by atoms with Crippen molar-refractivity contribution in [2.45, 2.75) is 26.2 Å². The Kier molecular flexibility index (Phi) is 3.17. The van der Waals surface area contributed by atoms with E-state index in [0.29, 0.717) is 10.8 Å². The summed E-state index contributed by atoms with van der Waals surface area (Å²) < 4.78 is 5.28. The van der Waals surface area contributed by atoms with Crippen molar-refractivity contribution in [3.8, 4) is 5.75 Å². The highest BCUT2D eigenvalue weighted by atomic mass is 35.5. The third-order valence-corrected chi connectivity index (χ3v) is 4.76. The Morgan fingerprint density at radius 1 is 1.32 bits per heavy atom. The zero-order chi connectivity index (χ0) is 13.6. The number of benzene rings is 1. The van der Waals surface area contributed by atoms with Crippen LogP contribution in [0.25, 0.3) is 0 Å². The normalized spacial score (nSPS) is 27.8. The van der Waals surface area contributed by atoms with Gasteiger partial charge in [-0.25, -0.2) is 0 Å². The van der Waals surface area contributed by atoms with E-state index in [2.05, 4.69) is 5.32 Å². The van der Waals surface area contributed by atoms with E-state index in [4.69, 9.17) is 16.3 Å². The van der Waals surface area contributed by atoms with Crippen molar-refractivity contribution in [2.24, 2.45) is 17.8 Å². The number of fused-ring (bicyclic) bond motifs is 1. The molecule has 19 heavy (non-hydrogen) atoms. The molecule has 2 aliphatic rings. The van der Waals surface area contributed by atoms with Crippen LogP contribution in [0.1, 0.15) is 24.8 Å². The van der Waals surface area contributed by atoms with E-state index < -0.39 is 0 Å². The molecule has 0 radical (unpaired) electrons. The summed E-state index contributed by atoms with van der Waals surface area (Å²) >= 11 is 6.06. The van der Waals surface area contributed by atoms with E-state index in [1.165, 1.54) is 6.42 Å². The van der Waals surface area contributed by atoms with Gasteiger partial charge in [0.25, 0.3) is 0 Å². The summed E-state index contributed by atoms with van der Waals surface area (Å²) in [6.07, 6.45) is 3.42. The van der Waals surface area contributed by atoms with E-state index in [-0.39, 0.29) is 11.8 Å². The average Bonchev–Trinajstić information content (AvgIpc) is 3.00. The van der Waals surface area contributed by atoms with Gasteiger partial charge >= 0.3 is 0 Å². The molecule has 2 fully saturated rings. The SMILES string of the molecule is COc1cc(Cl)c(C)cc1NC(=O)C1CC2CC2C1. The molecule has 3 nitrogen and oxygen atoms in total. The molecule has 1 aromatic carbocycles. The van der Waals surface area contributed by atoms with Crippen LogP contribution in [-0.2, 0) is 4.79 Å². The molecular formula is C15H18ClNO2. The smallest absolute Gasteiger partial charge is 0.227 e. The van der Waals surface area contributed by atoms with Crippen LogP contribution in [0.2, 0.25) is 5.02 Å². The minimum Gasteiger partial charge on any atom is -0.495 e. The third kappa shape index (κ3) is 2.44. The molecule has 0 spiro atoms. The van der Waals surface area contributed by atoms with Crippen molar-refractivity contribution in [3.63, 3.8) is 0 Å². The second-order valence-corrected chi connectivity index (χ2v) is 6.12. The number of anilines is 1. The van der Waals surface area contributed by atoms with Crippen molar-refractivity contribution < 1.29 is 9.53 Å². The molecule has 1 aromatic rings. The van der Waals surface area contributed by atoms with Gasteiger partial charge in [0.1, 0.15) is 5.75 Å². The Hall–Kier alpha value is -1.22. The second kappa shape index (κ2) is 4.71. The number of hydrogen-bond donors (Lipinski definition) is 1. The Labute approximate surface area is 118 Å². The molecule has 0 saturated heterocycles. The van der Waals surface area contributed by atoms with Gasteiger partial charge in [0.15, 0.2) is 0 Å². The van der Waals surface area contributed by atoms with E-state index in [1.807, 2.05) is 13.0 Å². The van der Waals surface area contributed by atoms with Gasteiger partial charge in [-0.05, 0) is 49.7 Å². The van der Waals surface area contributed by atoms with Gasteiger partial charge in [-0.3, -0.25) is 4.79 Å². The number of rotatable bonds is 3. The maximum absolute atomic E-state index is 12.2. The molecule has 1 N–H and O–H groups in total. The van der Waals surface area contributed by atoms with Crippen LogP contribution in [0.4, 0.5) is 5.69 Å². The highest BCUT2D eigenvalue weighted by molar-refractivity contribution is 6.31. The highest BCUT2D eigenvalue weighted by Crippen LogP contribution is 2.54. The number of carbonyl (C=O) groups excluding carboxylic acids is 1. The molecule has 4 heteroatoms. The van der Waals surface area contributed by atoms with E-state index in [1.54, 1.807) is 13.2 Å². The Bertz CT molecular complexity index is 519. The first-order valence-electron chi connectivity index (χ1n) is 6.73. The number of methoxy groups -OCH3 is 1. The quantitative estimate of drug-likeness (QED) is 0.917. The first-order valence-corrected chi connectivity index (χ1v) is 7.11. The van der Waals surface area contributed by atoms with Gasteiger partial charge in [0.05, 0.1) is 12.8 Å². The van der Waals surface area contributed by atoms with Gasteiger partial charge in [0, 0.05) is 17.0 Å². The number of hydrogen-bond acceptors (Lipinski definition) is 2. The number of aryl methyl sites for hydroxylation is 1. The Morgan fingerprint density at radius 2 is 2.00 bits per heavy atom. The van der Waals surface area contributed by atoms with Gasteiger partial charge < -0.3 is 10.1 Å². The minimum atomic E-state index is 0.118. The first kappa shape index (κ1) is 12.8. The van der Waals surface area contributed by atoms with Gasteiger partial charge in [-0.1, -0.05) is 11.6 Å². The lowest BCUT2D eigenvalue weighted by Crippen LogP contribution is -2.22. The monoisotopic (exact) mass is 279 g/mol. The summed E-state index contributed by atoms with van der Waals surface area (Å²) in [7, 11) is 1.58. The summed E-state index contributed by atoms with van der Waals surface area (Å²) in [6.45, 7) is 1.92. The molecule has 2 atom stereocenters. The maximum atomic E-state index is 12.2. The topological polar surface area (TPSA) is 38.3 Å². The molecule has 102 valence electrons. The maximum Gasteiger partial charge on any atom is 0.227 e. The zero-order valence-corrected chi connectivity index (χ0v) is 12.0. The van der Waals surface area contributed by atoms with Crippen LogP contribution in [-0.4, -0.2) is 13.0 Å². The van der Waals surface area contributed by atoms with Crippen LogP contribution in [0.15, 0.2) is 12.1 Å². The third-order valence-electron chi connectivity index (χ3n) is 4.35. The molecular weight excluding hydrogens is 262 g/mol. The lowest BCUT2D eigenvalue weighted by molar-refractivity contribution is -0.120. The fourth-order valence-electron chi connectivity index (χ4n) is 3.09. The van der Waals surface area contributed by atoms with E-state index in [0.717, 1.165) is 35.9 Å². The first-order chi connectivity index (χ1) is 9.08. The number of carbonyl (C=O) groups is 1. The highest BCUT2D eigenvalue weighted by Gasteiger charge is 2.48. The van der Waals surface area contributed by atoms with Crippen LogP contribution >= 0.6 is 11.6 Å². The largest absolute Gasteiger partial charge is 0.495 e. The van der Waals surface area contributed by atoms with Crippen molar-refractivity contribution in [1.82, 2.24) is 0 Å². The molecule has 0 bridgehead atoms. The van der Waals surface area contributed by atoms with Crippen molar-refractivity contribution in [1.29, 1.82) is 0 Å². The molecule has 0 heterocycles. The van der Waals surface area contributed by atoms with Crippen LogP contribution in [0.3, 0.4) is 0 Å². The van der Waals surface area contributed by atoms with Crippen molar-refractivity contribution in [3.05, 3.63) is 22.7 Å². The number of amides is 1. The average molecular weight is 280 g/mol. The van der Waals surface area contributed by atoms with Crippen LogP contribution in [0, 0.1) is 24.7 Å². The molecule has 3 rings (SSSR count). The molecule has 2 unspecified atom stereocenters. The molecule has 1 amide bonds. The van der Waals surface area contributed by atoms with Gasteiger partial charge in [0.2, 0.25) is 5.91 Å². The number of ether oxygens (including phenoxy) is 1. The Morgan fingerprint density at radius 3 is 2.63 bits per heavy atom. The lowest BCUT2D eigenvalue weighted by Gasteiger charge is -2.15. The number of halogens is 1. The summed E-state index contributed by atoms with van der Waals surface area (Å²) in [6, 6.07) is 3.62. The fourth-order valence-corrected chi connectivity index (χ4v) is 3.25. The van der Waals surface area contributed by atoms with Crippen LogP contribution < -0.4 is 10.1 Å². The van der Waals surface area contributed by atoms with E-state index >= 15 is 0 Å². The summed E-state index contributed by atoms with van der Waals surface area (Å²) in [5, 5.41) is 3.64. The lowest BCUT2D eigenvalue weighted by atomic mass is 10.0. The summed E-state index contributed by atoms with van der Waals surface area (Å²) in [4.78, 5) is 12.2. The zero-order valence-electron chi connectivity index (χ0n) is 11.2. The van der Waals surface area contributed by atoms with E-state index in [9.17, 15) is 4.79 Å². The van der Waals surface area contributed by atoms with Gasteiger partial charge in [-0.2, -0.15) is 0 Å². The number of nitrogens with one attached hydrogen (secondary N) is 1. The predicted octanol–water partition coefficient (Wildman–Crippen LogP) is 3.64. The fraction of sp³-hybridized carbons (Fsp3) is 0.533. The molecule has 2 saturated carbocycles. The minimum absolute atomic E-state index is 0.118. The van der Waals surface area contributed by atoms with Crippen molar-refractivity contribution >= 4 is 23.2 Å². The van der Waals surface area contributed by atoms with Crippen molar-refractivity contribution in [2.75, 3.05) is 12.4 Å².